The zero-order chi connectivity index (χ0) is 17.6. The second-order valence-corrected chi connectivity index (χ2v) is 6.09. The van der Waals surface area contributed by atoms with Crippen LogP contribution in [0.5, 0.6) is 0 Å². The van der Waals surface area contributed by atoms with E-state index in [0.29, 0.717) is 23.5 Å². The minimum Gasteiger partial charge on any atom is -0.380 e. The lowest BCUT2D eigenvalue weighted by Crippen LogP contribution is -2.27. The fourth-order valence-electron chi connectivity index (χ4n) is 2.80. The van der Waals surface area contributed by atoms with Crippen LogP contribution in [0.1, 0.15) is 24.4 Å². The van der Waals surface area contributed by atoms with Gasteiger partial charge in [0, 0.05) is 18.8 Å². The van der Waals surface area contributed by atoms with Gasteiger partial charge in [0.15, 0.2) is 0 Å². The molecule has 0 radical (unpaired) electrons. The largest absolute Gasteiger partial charge is 0.380 e. The summed E-state index contributed by atoms with van der Waals surface area (Å²) in [5.41, 5.74) is 7.41. The fraction of sp³-hybridized carbons (Fsp3) is 0.316. The number of carbonyl (C=O) groups is 1. The Morgan fingerprint density at radius 2 is 1.96 bits per heavy atom. The van der Waals surface area contributed by atoms with Crippen molar-refractivity contribution in [3.8, 4) is 0 Å². The number of anilines is 2. The normalized spacial score (nSPS) is 16.6. The number of nitrogens with two attached hydrogens (primary N) is 1. The fourth-order valence-corrected chi connectivity index (χ4v) is 2.80. The van der Waals surface area contributed by atoms with Crippen molar-refractivity contribution in [1.82, 2.24) is 0 Å². The zero-order valence-electron chi connectivity index (χ0n) is 14.7. The third-order valence-corrected chi connectivity index (χ3v) is 4.22. The molecule has 3 rings (SSSR count). The summed E-state index contributed by atoms with van der Waals surface area (Å²) in [6.07, 6.45) is 2.16. The van der Waals surface area contributed by atoms with Gasteiger partial charge in [0.2, 0.25) is 5.91 Å². The summed E-state index contributed by atoms with van der Waals surface area (Å²) in [4.78, 5) is 12.2. The van der Waals surface area contributed by atoms with E-state index in [1.54, 1.807) is 24.3 Å². The van der Waals surface area contributed by atoms with Gasteiger partial charge < -0.3 is 21.1 Å². The summed E-state index contributed by atoms with van der Waals surface area (Å²) in [6.45, 7) is 1.34. The minimum absolute atomic E-state index is 0. The van der Waals surface area contributed by atoms with Crippen LogP contribution in [0.4, 0.5) is 15.8 Å². The van der Waals surface area contributed by atoms with Gasteiger partial charge in [-0.2, -0.15) is 0 Å². The van der Waals surface area contributed by atoms with Crippen LogP contribution < -0.4 is 16.4 Å². The zero-order valence-corrected chi connectivity index (χ0v) is 16.3. The lowest BCUT2D eigenvalue weighted by molar-refractivity contribution is -0.117. The van der Waals surface area contributed by atoms with Crippen molar-refractivity contribution in [2.75, 3.05) is 23.8 Å². The van der Waals surface area contributed by atoms with Crippen LogP contribution in [0.2, 0.25) is 0 Å². The topological polar surface area (TPSA) is 76.4 Å². The molecule has 5 nitrogen and oxygen atoms in total. The number of halogens is 3. The first-order valence-electron chi connectivity index (χ1n) is 8.40. The molecular formula is C19H24Cl2FN3O2. The Morgan fingerprint density at radius 1 is 1.22 bits per heavy atom. The van der Waals surface area contributed by atoms with Crippen LogP contribution in [-0.4, -0.2) is 25.2 Å². The van der Waals surface area contributed by atoms with Crippen molar-refractivity contribution in [1.29, 1.82) is 0 Å². The number of benzene rings is 2. The molecule has 27 heavy (non-hydrogen) atoms. The van der Waals surface area contributed by atoms with E-state index in [2.05, 4.69) is 10.6 Å². The molecule has 148 valence electrons. The van der Waals surface area contributed by atoms with Crippen molar-refractivity contribution >= 4 is 42.1 Å². The molecule has 0 bridgehead atoms. The summed E-state index contributed by atoms with van der Waals surface area (Å²) in [6, 6.07) is 12.8. The molecule has 1 aliphatic rings. The second kappa shape index (κ2) is 11.1. The highest BCUT2D eigenvalue weighted by Crippen LogP contribution is 2.21. The Morgan fingerprint density at radius 3 is 2.59 bits per heavy atom. The number of amides is 1. The molecule has 0 spiro atoms. The van der Waals surface area contributed by atoms with E-state index in [1.807, 2.05) is 18.2 Å². The number of carbonyl (C=O) groups excluding carboxylic acids is 1. The van der Waals surface area contributed by atoms with E-state index in [0.717, 1.165) is 19.4 Å². The summed E-state index contributed by atoms with van der Waals surface area (Å²) in [7, 11) is 0. The molecule has 0 saturated carbocycles. The molecule has 1 aliphatic heterocycles. The number of hydrogen-bond acceptors (Lipinski definition) is 4. The third kappa shape index (κ3) is 6.36. The molecule has 1 amide bonds. The van der Waals surface area contributed by atoms with Gasteiger partial charge in [0.25, 0.3) is 0 Å². The van der Waals surface area contributed by atoms with E-state index >= 15 is 0 Å². The second-order valence-electron chi connectivity index (χ2n) is 6.09. The van der Waals surface area contributed by atoms with E-state index in [-0.39, 0.29) is 36.8 Å². The maximum Gasteiger partial charge on any atom is 0.245 e. The van der Waals surface area contributed by atoms with Gasteiger partial charge in [-0.15, -0.1) is 24.8 Å². The summed E-state index contributed by atoms with van der Waals surface area (Å²) < 4.78 is 19.7. The molecule has 1 saturated heterocycles. The molecule has 2 atom stereocenters. The van der Waals surface area contributed by atoms with Gasteiger partial charge in [-0.05, 0) is 36.6 Å². The SMILES string of the molecule is Cl.Cl.NC(C(=O)Nc1ccc(NCC2CCCO2)c(F)c1)c1ccccc1. The first kappa shape index (κ1) is 23.2. The smallest absolute Gasteiger partial charge is 0.245 e. The highest BCUT2D eigenvalue weighted by Gasteiger charge is 2.17. The highest BCUT2D eigenvalue weighted by atomic mass is 35.5. The van der Waals surface area contributed by atoms with Crippen LogP contribution >= 0.6 is 24.8 Å². The highest BCUT2D eigenvalue weighted by molar-refractivity contribution is 5.95. The van der Waals surface area contributed by atoms with Crippen LogP contribution in [-0.2, 0) is 9.53 Å². The van der Waals surface area contributed by atoms with Gasteiger partial charge in [-0.25, -0.2) is 4.39 Å². The van der Waals surface area contributed by atoms with Gasteiger partial charge in [-0.3, -0.25) is 4.79 Å². The van der Waals surface area contributed by atoms with Gasteiger partial charge in [0.05, 0.1) is 11.8 Å². The molecule has 0 aromatic heterocycles. The monoisotopic (exact) mass is 415 g/mol. The molecule has 8 heteroatoms. The summed E-state index contributed by atoms with van der Waals surface area (Å²) in [5, 5.41) is 5.70. The van der Waals surface area contributed by atoms with Crippen molar-refractivity contribution in [3.05, 3.63) is 59.9 Å². The Labute approximate surface area is 170 Å². The average molecular weight is 416 g/mol. The molecule has 0 aliphatic carbocycles. The Bertz CT molecular complexity index is 728. The average Bonchev–Trinajstić information content (AvgIpc) is 3.14. The maximum atomic E-state index is 14.2. The van der Waals surface area contributed by atoms with Gasteiger partial charge in [-0.1, -0.05) is 30.3 Å². The molecule has 2 aromatic rings. The van der Waals surface area contributed by atoms with E-state index in [9.17, 15) is 9.18 Å². The van der Waals surface area contributed by atoms with Crippen LogP contribution in [0.3, 0.4) is 0 Å². The number of ether oxygens (including phenoxy) is 1. The number of nitrogens with one attached hydrogen (secondary N) is 2. The maximum absolute atomic E-state index is 14.2. The van der Waals surface area contributed by atoms with E-state index < -0.39 is 11.9 Å². The van der Waals surface area contributed by atoms with Crippen LogP contribution in [0, 0.1) is 5.82 Å². The Kier molecular flexibility index (Phi) is 9.52. The molecule has 2 aromatic carbocycles. The standard InChI is InChI=1S/C19H22FN3O2.2ClH/c20-16-11-14(8-9-17(16)22-12-15-7-4-10-25-15)23-19(24)18(21)13-5-2-1-3-6-13;;/h1-3,5-6,8-9,11,15,18,22H,4,7,10,12,21H2,(H,23,24);2*1H. The van der Waals surface area contributed by atoms with Gasteiger partial charge >= 0.3 is 0 Å². The number of hydrogen-bond donors (Lipinski definition) is 3. The quantitative estimate of drug-likeness (QED) is 0.668. The first-order chi connectivity index (χ1) is 12.1. The lowest BCUT2D eigenvalue weighted by atomic mass is 10.1. The molecular weight excluding hydrogens is 392 g/mol. The van der Waals surface area contributed by atoms with Crippen molar-refractivity contribution in [2.24, 2.45) is 5.73 Å². The van der Waals surface area contributed by atoms with Crippen LogP contribution in [0.15, 0.2) is 48.5 Å². The third-order valence-electron chi connectivity index (χ3n) is 4.22. The number of rotatable bonds is 6. The Hall–Kier alpha value is -1.86. The van der Waals surface area contributed by atoms with E-state index in [1.165, 1.54) is 6.07 Å². The Balaban J connectivity index is 0.00000182. The molecule has 4 N–H and O–H groups in total. The summed E-state index contributed by atoms with van der Waals surface area (Å²) in [5.74, 6) is -0.810. The van der Waals surface area contributed by atoms with Gasteiger partial charge in [0.1, 0.15) is 11.9 Å². The van der Waals surface area contributed by atoms with E-state index in [4.69, 9.17) is 10.5 Å². The molecule has 2 unspecified atom stereocenters. The van der Waals surface area contributed by atoms with Crippen LogP contribution in [0.25, 0.3) is 0 Å². The lowest BCUT2D eigenvalue weighted by Gasteiger charge is -2.15. The summed E-state index contributed by atoms with van der Waals surface area (Å²) >= 11 is 0. The molecule has 1 fully saturated rings. The minimum atomic E-state index is -0.804. The molecule has 1 heterocycles. The first-order valence-corrected chi connectivity index (χ1v) is 8.40. The van der Waals surface area contributed by atoms with Crippen molar-refractivity contribution < 1.29 is 13.9 Å². The predicted octanol–water partition coefficient (Wildman–Crippen LogP) is 3.90. The van der Waals surface area contributed by atoms with Crippen molar-refractivity contribution in [2.45, 2.75) is 25.0 Å². The van der Waals surface area contributed by atoms with Crippen molar-refractivity contribution in [3.63, 3.8) is 0 Å². The predicted molar refractivity (Wildman–Crippen MR) is 110 cm³/mol.